The van der Waals surface area contributed by atoms with Crippen LogP contribution in [0.4, 0.5) is 0 Å². The van der Waals surface area contributed by atoms with Gasteiger partial charge in [0.15, 0.2) is 6.21 Å². The second kappa shape index (κ2) is 6.14. The van der Waals surface area contributed by atoms with Crippen molar-refractivity contribution < 1.29 is 5.10 Å². The number of hydrogen-bond acceptors (Lipinski definition) is 1. The van der Waals surface area contributed by atoms with Gasteiger partial charge in [-0.05, 0) is 38.2 Å². The molecule has 0 bridgehead atoms. The van der Waals surface area contributed by atoms with Crippen LogP contribution in [0.15, 0.2) is 24.3 Å². The number of hydrogen-bond donors (Lipinski definition) is 3. The zero-order chi connectivity index (χ0) is 11.1. The minimum atomic E-state index is 0.599. The van der Waals surface area contributed by atoms with Gasteiger partial charge >= 0.3 is 0 Å². The molecule has 0 aliphatic rings. The molecular weight excluding hydrogens is 206 g/mol. The van der Waals surface area contributed by atoms with Crippen LogP contribution in [0, 0.1) is 6.92 Å². The Kier molecular flexibility index (Phi) is 4.77. The number of hydrazone groups is 1. The molecule has 0 unspecified atom stereocenters. The molecule has 0 atom stereocenters. The Labute approximate surface area is 95.6 Å². The van der Waals surface area contributed by atoms with Crippen LogP contribution in [0.25, 0.3) is 0 Å². The van der Waals surface area contributed by atoms with Crippen molar-refractivity contribution >= 4 is 23.5 Å². The highest BCUT2D eigenvalue weighted by Crippen LogP contribution is 1.99. The van der Waals surface area contributed by atoms with Gasteiger partial charge in [0.05, 0.1) is 0 Å². The molecule has 0 aliphatic carbocycles. The Morgan fingerprint density at radius 3 is 3.00 bits per heavy atom. The Morgan fingerprint density at radius 2 is 2.33 bits per heavy atom. The predicted molar refractivity (Wildman–Crippen MR) is 66.7 cm³/mol. The summed E-state index contributed by atoms with van der Waals surface area (Å²) in [6.07, 6.45) is 1.87. The molecule has 0 aliphatic heterocycles. The van der Waals surface area contributed by atoms with Crippen LogP contribution in [-0.2, 0) is 0 Å². The van der Waals surface area contributed by atoms with Crippen LogP contribution < -0.4 is 15.8 Å². The Hall–Kier alpha value is -1.42. The Balaban J connectivity index is 2.48. The van der Waals surface area contributed by atoms with E-state index in [0.717, 1.165) is 12.1 Å². The number of aryl methyl sites for hydroxylation is 1. The van der Waals surface area contributed by atoms with E-state index in [4.69, 9.17) is 12.2 Å². The van der Waals surface area contributed by atoms with Gasteiger partial charge in [-0.2, -0.15) is 0 Å². The highest BCUT2D eigenvalue weighted by molar-refractivity contribution is 7.80. The number of rotatable bonds is 3. The first-order valence-electron chi connectivity index (χ1n) is 4.91. The van der Waals surface area contributed by atoms with E-state index >= 15 is 0 Å². The van der Waals surface area contributed by atoms with Crippen LogP contribution in [0.5, 0.6) is 0 Å². The van der Waals surface area contributed by atoms with Crippen LogP contribution >= 0.6 is 12.2 Å². The average molecular weight is 222 g/mol. The lowest BCUT2D eigenvalue weighted by Gasteiger charge is -1.98. The smallest absolute Gasteiger partial charge is 0.223 e. The van der Waals surface area contributed by atoms with Gasteiger partial charge < -0.3 is 5.32 Å². The van der Waals surface area contributed by atoms with Gasteiger partial charge in [0.25, 0.3) is 0 Å². The van der Waals surface area contributed by atoms with E-state index in [1.54, 1.807) is 0 Å². The monoisotopic (exact) mass is 222 g/mol. The summed E-state index contributed by atoms with van der Waals surface area (Å²) in [5.41, 5.74) is 5.21. The van der Waals surface area contributed by atoms with E-state index in [0.29, 0.717) is 5.11 Å². The van der Waals surface area contributed by atoms with Crippen LogP contribution in [-0.4, -0.2) is 17.9 Å². The van der Waals surface area contributed by atoms with E-state index in [-0.39, 0.29) is 0 Å². The van der Waals surface area contributed by atoms with Crippen molar-refractivity contribution in [2.24, 2.45) is 0 Å². The summed E-state index contributed by atoms with van der Waals surface area (Å²) < 4.78 is 0. The number of thiocarbonyl (C=S) groups is 1. The van der Waals surface area contributed by atoms with Crippen molar-refractivity contribution in [3.63, 3.8) is 0 Å². The minimum absolute atomic E-state index is 0.599. The van der Waals surface area contributed by atoms with Crippen molar-refractivity contribution in [2.45, 2.75) is 13.8 Å². The summed E-state index contributed by atoms with van der Waals surface area (Å²) in [4.78, 5) is 0. The second-order valence-corrected chi connectivity index (χ2v) is 3.60. The maximum atomic E-state index is 4.99. The molecule has 3 nitrogen and oxygen atoms in total. The summed E-state index contributed by atoms with van der Waals surface area (Å²) in [7, 11) is 0. The van der Waals surface area contributed by atoms with Gasteiger partial charge in [0.1, 0.15) is 0 Å². The molecule has 3 N–H and O–H groups in total. The van der Waals surface area contributed by atoms with Crippen molar-refractivity contribution in [3.8, 4) is 0 Å². The normalized spacial score (nSPS) is 10.3. The molecule has 0 heterocycles. The van der Waals surface area contributed by atoms with Crippen molar-refractivity contribution in [2.75, 3.05) is 6.54 Å². The SMILES string of the molecule is CCNC(=S)N[NH+]=Cc1cccc(C)c1. The van der Waals surface area contributed by atoms with E-state index in [1.807, 2.05) is 25.3 Å². The molecule has 0 aromatic heterocycles. The van der Waals surface area contributed by atoms with Gasteiger partial charge in [-0.3, -0.25) is 0 Å². The first-order chi connectivity index (χ1) is 7.22. The number of hydrazine groups is 1. The third kappa shape index (κ3) is 4.56. The van der Waals surface area contributed by atoms with Crippen molar-refractivity contribution in [1.82, 2.24) is 10.7 Å². The molecule has 0 spiro atoms. The highest BCUT2D eigenvalue weighted by Gasteiger charge is 1.94. The molecule has 1 rings (SSSR count). The summed E-state index contributed by atoms with van der Waals surface area (Å²) in [6, 6.07) is 8.20. The molecule has 0 saturated heterocycles. The third-order valence-corrected chi connectivity index (χ3v) is 2.05. The lowest BCUT2D eigenvalue weighted by molar-refractivity contribution is -0.500. The fourth-order valence-corrected chi connectivity index (χ4v) is 1.35. The van der Waals surface area contributed by atoms with Gasteiger partial charge in [-0.25, -0.2) is 0 Å². The summed E-state index contributed by atoms with van der Waals surface area (Å²) >= 11 is 4.99. The minimum Gasteiger partial charge on any atom is -0.359 e. The molecule has 1 aromatic rings. The molecule has 0 fully saturated rings. The molecule has 0 radical (unpaired) electrons. The van der Waals surface area contributed by atoms with Gasteiger partial charge in [0.2, 0.25) is 5.11 Å². The maximum absolute atomic E-state index is 4.99. The van der Waals surface area contributed by atoms with E-state index in [1.165, 1.54) is 5.56 Å². The Bertz CT molecular complexity index is 361. The first-order valence-corrected chi connectivity index (χ1v) is 5.32. The maximum Gasteiger partial charge on any atom is 0.223 e. The molecule has 80 valence electrons. The Morgan fingerprint density at radius 1 is 1.53 bits per heavy atom. The summed E-state index contributed by atoms with van der Waals surface area (Å²) in [5.74, 6) is 0. The van der Waals surface area contributed by atoms with Crippen LogP contribution in [0.1, 0.15) is 18.1 Å². The zero-order valence-electron chi connectivity index (χ0n) is 9.00. The average Bonchev–Trinajstić information content (AvgIpc) is 2.18. The topological polar surface area (TPSA) is 38.0 Å². The van der Waals surface area contributed by atoms with Crippen molar-refractivity contribution in [1.29, 1.82) is 0 Å². The fraction of sp³-hybridized carbons (Fsp3) is 0.273. The first kappa shape index (κ1) is 11.7. The van der Waals surface area contributed by atoms with E-state index in [2.05, 4.69) is 34.9 Å². The lowest BCUT2D eigenvalue weighted by atomic mass is 10.2. The quantitative estimate of drug-likeness (QED) is 0.380. The second-order valence-electron chi connectivity index (χ2n) is 3.19. The highest BCUT2D eigenvalue weighted by atomic mass is 32.1. The number of benzene rings is 1. The zero-order valence-corrected chi connectivity index (χ0v) is 9.82. The molecule has 0 saturated carbocycles. The standard InChI is InChI=1S/C11H15N3S/c1-3-12-11(15)14-13-8-10-6-4-5-9(2)7-10/h4-8H,3H2,1-2H3,(H2,12,14,15)/p+1. The fourth-order valence-electron chi connectivity index (χ4n) is 1.15. The molecule has 0 amide bonds. The largest absolute Gasteiger partial charge is 0.359 e. The van der Waals surface area contributed by atoms with Gasteiger partial charge in [0, 0.05) is 12.1 Å². The van der Waals surface area contributed by atoms with Crippen molar-refractivity contribution in [3.05, 3.63) is 35.4 Å². The predicted octanol–water partition coefficient (Wildman–Crippen LogP) is -0.106. The van der Waals surface area contributed by atoms with E-state index < -0.39 is 0 Å². The molecule has 1 aromatic carbocycles. The van der Waals surface area contributed by atoms with E-state index in [9.17, 15) is 0 Å². The third-order valence-electron chi connectivity index (χ3n) is 1.80. The van der Waals surface area contributed by atoms with Crippen LogP contribution in [0.2, 0.25) is 0 Å². The molecular formula is C11H16N3S+. The molecule has 15 heavy (non-hydrogen) atoms. The summed E-state index contributed by atoms with van der Waals surface area (Å²) in [6.45, 7) is 4.88. The lowest BCUT2D eigenvalue weighted by Crippen LogP contribution is -2.82. The van der Waals surface area contributed by atoms with Crippen LogP contribution in [0.3, 0.4) is 0 Å². The van der Waals surface area contributed by atoms with Gasteiger partial charge in [-0.15, -0.1) is 10.5 Å². The van der Waals surface area contributed by atoms with Gasteiger partial charge in [-0.1, -0.05) is 17.7 Å². The summed E-state index contributed by atoms with van der Waals surface area (Å²) in [5, 5.41) is 6.51. The molecule has 4 heteroatoms. The number of nitrogens with one attached hydrogen (secondary N) is 3.